The van der Waals surface area contributed by atoms with Crippen molar-refractivity contribution in [3.8, 4) is 0 Å². The number of benzene rings is 2. The van der Waals surface area contributed by atoms with E-state index in [9.17, 15) is 10.0 Å². The maximum atomic E-state index is 10.8. The van der Waals surface area contributed by atoms with Crippen LogP contribution in [0.5, 0.6) is 0 Å². The van der Waals surface area contributed by atoms with Crippen molar-refractivity contribution in [1.82, 2.24) is 5.06 Å². The molecule has 0 saturated carbocycles. The number of nitrogens with zero attached hydrogens (tertiary/aromatic N) is 1. The van der Waals surface area contributed by atoms with Crippen LogP contribution in [0.2, 0.25) is 0 Å². The Bertz CT molecular complexity index is 782. The number of nitrogens with two attached hydrogens (primary N) is 1. The number of rotatable bonds is 3. The standard InChI is InChI=1S/C15H14N2O2S/c16-15(18)17(19)8-7-10-5-6-14-12(9-10)11-3-1-2-4-13(11)20-14/h1-6,9,19H,7-8H2,(H2,16,18). The number of thiophene rings is 1. The smallest absolute Gasteiger partial charge is 0.338 e. The number of hydroxylamine groups is 2. The molecule has 0 radical (unpaired) electrons. The highest BCUT2D eigenvalue weighted by Gasteiger charge is 2.08. The van der Waals surface area contributed by atoms with E-state index in [0.717, 1.165) is 5.56 Å². The summed E-state index contributed by atoms with van der Waals surface area (Å²) in [4.78, 5) is 10.8. The number of urea groups is 1. The summed E-state index contributed by atoms with van der Waals surface area (Å²) >= 11 is 1.77. The fourth-order valence-electron chi connectivity index (χ4n) is 2.27. The van der Waals surface area contributed by atoms with E-state index in [-0.39, 0.29) is 6.54 Å². The van der Waals surface area contributed by atoms with E-state index < -0.39 is 6.03 Å². The van der Waals surface area contributed by atoms with E-state index in [0.29, 0.717) is 11.5 Å². The molecule has 0 fully saturated rings. The van der Waals surface area contributed by atoms with E-state index in [1.165, 1.54) is 20.2 Å². The van der Waals surface area contributed by atoms with E-state index in [4.69, 9.17) is 5.73 Å². The average molecular weight is 286 g/mol. The molecule has 0 bridgehead atoms. The van der Waals surface area contributed by atoms with Crippen LogP contribution in [0.3, 0.4) is 0 Å². The summed E-state index contributed by atoms with van der Waals surface area (Å²) in [5.41, 5.74) is 6.06. The predicted octanol–water partition coefficient (Wildman–Crippen LogP) is 3.37. The SMILES string of the molecule is NC(=O)N(O)CCc1ccc2sc3ccccc3c2c1. The number of carbonyl (C=O) groups is 1. The molecule has 2 amide bonds. The summed E-state index contributed by atoms with van der Waals surface area (Å²) in [5, 5.41) is 12.3. The molecule has 0 saturated heterocycles. The molecule has 0 aliphatic rings. The van der Waals surface area contributed by atoms with Crippen LogP contribution < -0.4 is 5.73 Å². The van der Waals surface area contributed by atoms with Crippen LogP contribution in [0.1, 0.15) is 5.56 Å². The third kappa shape index (κ3) is 2.33. The van der Waals surface area contributed by atoms with Crippen molar-refractivity contribution in [2.45, 2.75) is 6.42 Å². The molecule has 0 aliphatic carbocycles. The minimum atomic E-state index is -0.827. The van der Waals surface area contributed by atoms with Gasteiger partial charge in [0.05, 0.1) is 6.54 Å². The molecule has 4 nitrogen and oxygen atoms in total. The molecule has 0 unspecified atom stereocenters. The zero-order chi connectivity index (χ0) is 14.1. The van der Waals surface area contributed by atoms with Gasteiger partial charge in [0, 0.05) is 20.2 Å². The van der Waals surface area contributed by atoms with E-state index in [1.54, 1.807) is 11.3 Å². The number of hydrogen-bond donors (Lipinski definition) is 2. The molecule has 1 aromatic heterocycles. The fraction of sp³-hybridized carbons (Fsp3) is 0.133. The van der Waals surface area contributed by atoms with Gasteiger partial charge in [-0.05, 0) is 30.2 Å². The van der Waals surface area contributed by atoms with Crippen LogP contribution >= 0.6 is 11.3 Å². The van der Waals surface area contributed by atoms with Gasteiger partial charge >= 0.3 is 6.03 Å². The van der Waals surface area contributed by atoms with Gasteiger partial charge in [-0.1, -0.05) is 24.3 Å². The lowest BCUT2D eigenvalue weighted by Gasteiger charge is -2.11. The maximum Gasteiger partial charge on any atom is 0.338 e. The van der Waals surface area contributed by atoms with Gasteiger partial charge in [-0.15, -0.1) is 11.3 Å². The van der Waals surface area contributed by atoms with Crippen molar-refractivity contribution in [3.05, 3.63) is 48.0 Å². The molecule has 0 atom stereocenters. The largest absolute Gasteiger partial charge is 0.350 e. The topological polar surface area (TPSA) is 66.6 Å². The molecule has 3 rings (SSSR count). The second-order valence-corrected chi connectivity index (χ2v) is 5.72. The van der Waals surface area contributed by atoms with Gasteiger partial charge in [0.2, 0.25) is 0 Å². The Labute approximate surface area is 120 Å². The normalized spacial score (nSPS) is 11.1. The van der Waals surface area contributed by atoms with E-state index in [1.807, 2.05) is 18.2 Å². The molecule has 102 valence electrons. The first-order valence-corrected chi connectivity index (χ1v) is 7.13. The fourth-order valence-corrected chi connectivity index (χ4v) is 3.36. The Morgan fingerprint density at radius 1 is 1.15 bits per heavy atom. The molecule has 1 heterocycles. The van der Waals surface area contributed by atoms with Crippen molar-refractivity contribution < 1.29 is 10.0 Å². The lowest BCUT2D eigenvalue weighted by Crippen LogP contribution is -2.34. The van der Waals surface area contributed by atoms with Crippen molar-refractivity contribution >= 4 is 37.5 Å². The van der Waals surface area contributed by atoms with Gasteiger partial charge in [-0.3, -0.25) is 5.21 Å². The van der Waals surface area contributed by atoms with Gasteiger partial charge < -0.3 is 5.73 Å². The van der Waals surface area contributed by atoms with Gasteiger partial charge in [-0.2, -0.15) is 0 Å². The van der Waals surface area contributed by atoms with Crippen molar-refractivity contribution in [2.24, 2.45) is 5.73 Å². The number of amides is 2. The maximum absolute atomic E-state index is 10.8. The molecule has 0 spiro atoms. The second-order valence-electron chi connectivity index (χ2n) is 4.64. The number of fused-ring (bicyclic) bond motifs is 3. The van der Waals surface area contributed by atoms with Crippen molar-refractivity contribution in [2.75, 3.05) is 6.54 Å². The van der Waals surface area contributed by atoms with Crippen LogP contribution in [-0.2, 0) is 6.42 Å². The molecule has 5 heteroatoms. The first kappa shape index (κ1) is 12.9. The number of primary amides is 1. The van der Waals surface area contributed by atoms with Gasteiger partial charge in [-0.25, -0.2) is 9.86 Å². The Hall–Kier alpha value is -2.11. The van der Waals surface area contributed by atoms with Crippen LogP contribution in [0.25, 0.3) is 20.2 Å². The summed E-state index contributed by atoms with van der Waals surface area (Å²) in [6.45, 7) is 0.197. The van der Waals surface area contributed by atoms with E-state index in [2.05, 4.69) is 24.3 Å². The molecule has 2 aromatic carbocycles. The molecular formula is C15H14N2O2S. The summed E-state index contributed by atoms with van der Waals surface area (Å²) in [6.07, 6.45) is 0.569. The minimum absolute atomic E-state index is 0.197. The lowest BCUT2D eigenvalue weighted by molar-refractivity contribution is -0.0382. The molecule has 0 aliphatic heterocycles. The predicted molar refractivity (Wildman–Crippen MR) is 81.1 cm³/mol. The summed E-state index contributed by atoms with van der Waals surface area (Å²) in [5.74, 6) is 0. The Balaban J connectivity index is 1.93. The van der Waals surface area contributed by atoms with Gasteiger partial charge in [0.1, 0.15) is 0 Å². The van der Waals surface area contributed by atoms with Crippen molar-refractivity contribution in [3.63, 3.8) is 0 Å². The molecule has 3 N–H and O–H groups in total. The summed E-state index contributed by atoms with van der Waals surface area (Å²) in [6, 6.07) is 13.7. The first-order valence-electron chi connectivity index (χ1n) is 6.31. The van der Waals surface area contributed by atoms with Crippen molar-refractivity contribution in [1.29, 1.82) is 0 Å². The van der Waals surface area contributed by atoms with Gasteiger partial charge in [0.25, 0.3) is 0 Å². The monoisotopic (exact) mass is 286 g/mol. The Morgan fingerprint density at radius 3 is 2.70 bits per heavy atom. The number of carbonyl (C=O) groups excluding carboxylic acids is 1. The Kier molecular flexibility index (Phi) is 3.30. The van der Waals surface area contributed by atoms with Crippen LogP contribution in [0.15, 0.2) is 42.5 Å². The highest BCUT2D eigenvalue weighted by Crippen LogP contribution is 2.34. The second kappa shape index (κ2) is 5.11. The minimum Gasteiger partial charge on any atom is -0.350 e. The molecule has 20 heavy (non-hydrogen) atoms. The third-order valence-corrected chi connectivity index (χ3v) is 4.46. The zero-order valence-electron chi connectivity index (χ0n) is 10.7. The van der Waals surface area contributed by atoms with Crippen LogP contribution in [0, 0.1) is 0 Å². The van der Waals surface area contributed by atoms with E-state index >= 15 is 0 Å². The van der Waals surface area contributed by atoms with Crippen LogP contribution in [0.4, 0.5) is 4.79 Å². The highest BCUT2D eigenvalue weighted by atomic mass is 32.1. The Morgan fingerprint density at radius 2 is 1.90 bits per heavy atom. The quantitative estimate of drug-likeness (QED) is 0.572. The highest BCUT2D eigenvalue weighted by molar-refractivity contribution is 7.25. The number of hydrogen-bond acceptors (Lipinski definition) is 3. The zero-order valence-corrected chi connectivity index (χ0v) is 11.6. The molecule has 3 aromatic rings. The lowest BCUT2D eigenvalue weighted by atomic mass is 10.1. The average Bonchev–Trinajstić information content (AvgIpc) is 2.82. The first-order chi connectivity index (χ1) is 9.65. The summed E-state index contributed by atoms with van der Waals surface area (Å²) in [7, 11) is 0. The van der Waals surface area contributed by atoms with Crippen LogP contribution in [-0.4, -0.2) is 22.8 Å². The third-order valence-electron chi connectivity index (χ3n) is 3.31. The van der Waals surface area contributed by atoms with Gasteiger partial charge in [0.15, 0.2) is 0 Å². The molecular weight excluding hydrogens is 272 g/mol. The summed E-state index contributed by atoms with van der Waals surface area (Å²) < 4.78 is 2.51.